The van der Waals surface area contributed by atoms with Crippen LogP contribution in [0.1, 0.15) is 10.4 Å². The molecule has 0 saturated heterocycles. The number of sulfone groups is 1. The van der Waals surface area contributed by atoms with Gasteiger partial charge in [0.2, 0.25) is 9.84 Å². The van der Waals surface area contributed by atoms with Crippen LogP contribution < -0.4 is 11.0 Å². The Morgan fingerprint density at radius 1 is 0.969 bits per heavy atom. The van der Waals surface area contributed by atoms with Crippen LogP contribution in [0.15, 0.2) is 75.2 Å². The third-order valence-corrected chi connectivity index (χ3v) is 7.17. The molecule has 0 unspecified atom stereocenters. The Hall–Kier alpha value is -3.43. The van der Waals surface area contributed by atoms with E-state index in [0.717, 1.165) is 24.3 Å². The summed E-state index contributed by atoms with van der Waals surface area (Å²) >= 11 is 5.96. The number of hydrogen-bond donors (Lipinski definition) is 1. The minimum atomic E-state index is -4.17. The molecule has 0 aliphatic heterocycles. The van der Waals surface area contributed by atoms with Gasteiger partial charge in [-0.3, -0.25) is 13.9 Å². The maximum atomic E-state index is 13.4. The smallest absolute Gasteiger partial charge is 0.321 e. The summed E-state index contributed by atoms with van der Waals surface area (Å²) in [7, 11) is -1.11. The number of anilines is 1. The first-order valence-electron chi connectivity index (χ1n) is 9.36. The quantitative estimate of drug-likeness (QED) is 0.457. The summed E-state index contributed by atoms with van der Waals surface area (Å²) in [5.74, 6) is -1.16. The zero-order valence-corrected chi connectivity index (χ0v) is 18.5. The number of fused-ring (bicyclic) bond motifs is 1. The Labute approximate surface area is 187 Å². The van der Waals surface area contributed by atoms with Gasteiger partial charge in [-0.2, -0.15) is 0 Å². The molecule has 7 nitrogen and oxygen atoms in total. The fraction of sp³-hybridized carbons (Fsp3) is 0.0909. The Balaban J connectivity index is 1.94. The summed E-state index contributed by atoms with van der Waals surface area (Å²) in [6.45, 7) is 0. The summed E-state index contributed by atoms with van der Waals surface area (Å²) in [4.78, 5) is 24.8. The first kappa shape index (κ1) is 21.8. The molecule has 0 radical (unpaired) electrons. The van der Waals surface area contributed by atoms with Crippen LogP contribution in [-0.4, -0.2) is 23.5 Å². The average Bonchev–Trinajstić information content (AvgIpc) is 2.97. The van der Waals surface area contributed by atoms with Crippen molar-refractivity contribution >= 4 is 44.1 Å². The van der Waals surface area contributed by atoms with Crippen molar-refractivity contribution in [1.82, 2.24) is 9.13 Å². The predicted molar refractivity (Wildman–Crippen MR) is 119 cm³/mol. The Morgan fingerprint density at radius 3 is 2.22 bits per heavy atom. The van der Waals surface area contributed by atoms with E-state index in [9.17, 15) is 22.4 Å². The number of nitrogens with one attached hydrogen (secondary N) is 1. The number of benzene rings is 3. The van der Waals surface area contributed by atoms with Gasteiger partial charge in [0.05, 0.1) is 26.5 Å². The lowest BCUT2D eigenvalue weighted by Gasteiger charge is -2.13. The number of rotatable bonds is 4. The fourth-order valence-electron chi connectivity index (χ4n) is 3.41. The molecule has 1 heterocycles. The van der Waals surface area contributed by atoms with Gasteiger partial charge in [-0.15, -0.1) is 0 Å². The number of aryl methyl sites for hydroxylation is 2. The molecule has 10 heteroatoms. The topological polar surface area (TPSA) is 90.2 Å². The molecule has 1 aromatic heterocycles. The van der Waals surface area contributed by atoms with Crippen molar-refractivity contribution in [2.24, 2.45) is 14.1 Å². The molecule has 4 aromatic rings. The highest BCUT2D eigenvalue weighted by Gasteiger charge is 2.25. The predicted octanol–water partition coefficient (Wildman–Crippen LogP) is 3.75. The second-order valence-electron chi connectivity index (χ2n) is 7.16. The molecular weight excluding hydrogens is 457 g/mol. The van der Waals surface area contributed by atoms with Crippen LogP contribution in [-0.2, 0) is 23.9 Å². The fourth-order valence-corrected chi connectivity index (χ4v) is 5.02. The van der Waals surface area contributed by atoms with Crippen LogP contribution >= 0.6 is 11.6 Å². The first-order valence-corrected chi connectivity index (χ1v) is 11.2. The van der Waals surface area contributed by atoms with Crippen molar-refractivity contribution in [3.8, 4) is 0 Å². The minimum Gasteiger partial charge on any atom is -0.321 e. The van der Waals surface area contributed by atoms with E-state index in [-0.39, 0.29) is 26.7 Å². The standard InChI is InChI=1S/C22H17ClFN3O4S/c1-26-18-11-17(25-21(28)13-4-3-5-14(23)10-13)20(12-19(18)27(2)22(26)29)32(30,31)16-8-6-15(24)7-9-16/h3-12H,1-2H3,(H,25,28). The van der Waals surface area contributed by atoms with E-state index >= 15 is 0 Å². The molecule has 3 aromatic carbocycles. The van der Waals surface area contributed by atoms with E-state index in [1.807, 2.05) is 0 Å². The van der Waals surface area contributed by atoms with Crippen LogP contribution in [0.25, 0.3) is 11.0 Å². The molecule has 164 valence electrons. The molecule has 0 bridgehead atoms. The summed E-state index contributed by atoms with van der Waals surface area (Å²) < 4.78 is 42.8. The van der Waals surface area contributed by atoms with E-state index < -0.39 is 21.6 Å². The van der Waals surface area contributed by atoms with Crippen molar-refractivity contribution in [3.63, 3.8) is 0 Å². The summed E-state index contributed by atoms with van der Waals surface area (Å²) in [5, 5.41) is 2.96. The Kier molecular flexibility index (Phi) is 5.39. The first-order chi connectivity index (χ1) is 15.1. The molecule has 1 amide bonds. The molecule has 0 spiro atoms. The second kappa shape index (κ2) is 7.92. The number of carbonyl (C=O) groups is 1. The molecule has 0 fully saturated rings. The average molecular weight is 474 g/mol. The summed E-state index contributed by atoms with van der Waals surface area (Å²) in [5.41, 5.74) is 0.636. The molecule has 0 atom stereocenters. The zero-order chi connectivity index (χ0) is 23.2. The van der Waals surface area contributed by atoms with Gasteiger partial charge in [0.15, 0.2) is 0 Å². The Bertz CT molecular complexity index is 1540. The second-order valence-corrected chi connectivity index (χ2v) is 9.51. The zero-order valence-electron chi connectivity index (χ0n) is 17.0. The van der Waals surface area contributed by atoms with Gasteiger partial charge in [-0.25, -0.2) is 17.6 Å². The molecule has 32 heavy (non-hydrogen) atoms. The van der Waals surface area contributed by atoms with Crippen LogP contribution in [0.2, 0.25) is 5.02 Å². The van der Waals surface area contributed by atoms with E-state index in [2.05, 4.69) is 5.32 Å². The van der Waals surface area contributed by atoms with E-state index in [1.54, 1.807) is 19.2 Å². The maximum Gasteiger partial charge on any atom is 0.328 e. The number of aromatic nitrogens is 2. The van der Waals surface area contributed by atoms with Crippen LogP contribution in [0, 0.1) is 5.82 Å². The van der Waals surface area contributed by atoms with Gasteiger partial charge >= 0.3 is 5.69 Å². The summed E-state index contributed by atoms with van der Waals surface area (Å²) in [6.07, 6.45) is 0. The monoisotopic (exact) mass is 473 g/mol. The van der Waals surface area contributed by atoms with Crippen molar-refractivity contribution < 1.29 is 17.6 Å². The lowest BCUT2D eigenvalue weighted by Crippen LogP contribution is -2.19. The number of halogens is 2. The van der Waals surface area contributed by atoms with Gasteiger partial charge in [0, 0.05) is 24.7 Å². The highest BCUT2D eigenvalue weighted by atomic mass is 35.5. The number of nitrogens with zero attached hydrogens (tertiary/aromatic N) is 2. The molecule has 0 aliphatic rings. The number of amides is 1. The van der Waals surface area contributed by atoms with Crippen molar-refractivity contribution in [3.05, 3.63) is 87.6 Å². The lowest BCUT2D eigenvalue weighted by atomic mass is 10.2. The van der Waals surface area contributed by atoms with Crippen molar-refractivity contribution in [1.29, 1.82) is 0 Å². The minimum absolute atomic E-state index is 0.0204. The molecular formula is C22H17ClFN3O4S. The van der Waals surface area contributed by atoms with Crippen LogP contribution in [0.4, 0.5) is 10.1 Å². The third-order valence-electron chi connectivity index (χ3n) is 5.12. The van der Waals surface area contributed by atoms with Gasteiger partial charge in [0.25, 0.3) is 5.91 Å². The molecule has 0 saturated carbocycles. The van der Waals surface area contributed by atoms with Crippen LogP contribution in [0.3, 0.4) is 0 Å². The van der Waals surface area contributed by atoms with Crippen molar-refractivity contribution in [2.75, 3.05) is 5.32 Å². The van der Waals surface area contributed by atoms with Gasteiger partial charge in [0.1, 0.15) is 5.82 Å². The van der Waals surface area contributed by atoms with Crippen LogP contribution in [0.5, 0.6) is 0 Å². The number of imidazole rings is 1. The largest absolute Gasteiger partial charge is 0.328 e. The number of carbonyl (C=O) groups excluding carboxylic acids is 1. The van der Waals surface area contributed by atoms with Gasteiger partial charge in [-0.1, -0.05) is 17.7 Å². The molecule has 1 N–H and O–H groups in total. The van der Waals surface area contributed by atoms with E-state index in [1.165, 1.54) is 40.4 Å². The van der Waals surface area contributed by atoms with Gasteiger partial charge in [-0.05, 0) is 54.6 Å². The third kappa shape index (κ3) is 3.69. The highest BCUT2D eigenvalue weighted by Crippen LogP contribution is 2.32. The molecule has 0 aliphatic carbocycles. The molecule has 4 rings (SSSR count). The Morgan fingerprint density at radius 2 is 1.59 bits per heavy atom. The number of hydrogen-bond acceptors (Lipinski definition) is 4. The van der Waals surface area contributed by atoms with Crippen molar-refractivity contribution in [2.45, 2.75) is 9.79 Å². The van der Waals surface area contributed by atoms with Gasteiger partial charge < -0.3 is 5.32 Å². The lowest BCUT2D eigenvalue weighted by molar-refractivity contribution is 0.102. The van der Waals surface area contributed by atoms with E-state index in [0.29, 0.717) is 16.1 Å². The highest BCUT2D eigenvalue weighted by molar-refractivity contribution is 7.91. The summed E-state index contributed by atoms with van der Waals surface area (Å²) in [6, 6.07) is 13.3. The maximum absolute atomic E-state index is 13.4. The normalized spacial score (nSPS) is 11.6. The van der Waals surface area contributed by atoms with E-state index in [4.69, 9.17) is 11.6 Å². The SMILES string of the molecule is Cn1c(=O)n(C)c2cc(S(=O)(=O)c3ccc(F)cc3)c(NC(=O)c3cccc(Cl)c3)cc21.